The summed E-state index contributed by atoms with van der Waals surface area (Å²) in [5.74, 6) is -29.9. The molecule has 1 aliphatic rings. The third-order valence-corrected chi connectivity index (χ3v) is 19.8. The summed E-state index contributed by atoms with van der Waals surface area (Å²) in [6.07, 6.45) is -8.51. The molecule has 0 bridgehead atoms. The molecule has 126 heavy (non-hydrogen) atoms. The van der Waals surface area contributed by atoms with E-state index < -0.39 is 267 Å². The van der Waals surface area contributed by atoms with E-state index in [-0.39, 0.29) is 30.6 Å². The van der Waals surface area contributed by atoms with Crippen molar-refractivity contribution in [1.29, 1.82) is 0 Å². The fourth-order valence-electron chi connectivity index (χ4n) is 13.5. The first kappa shape index (κ1) is 98.1. The number of para-hydroxylation sites is 2. The lowest BCUT2D eigenvalue weighted by molar-refractivity contribution is -0.156. The Labute approximate surface area is 718 Å². The first-order valence-corrected chi connectivity index (χ1v) is 39.5. The largest absolute Gasteiger partial charge is 0.481 e. The number of Topliss-reactive ketones (excluding diaryl/α,β-unsaturated/α-hetero) is 1. The third kappa shape index (κ3) is 28.5. The maximum Gasteiger partial charge on any atom is 0.329 e. The van der Waals surface area contributed by atoms with Gasteiger partial charge < -0.3 is 121 Å². The van der Waals surface area contributed by atoms with Gasteiger partial charge in [0.05, 0.1) is 51.8 Å². The standard InChI is InChI=1S/C83H99N17O26/c1-42(31-66(107)108)70-81(124)97-60(33-62(103)51-26-14-16-27-52(51)85)82(125)126-44(3)71(80(123)88-40-64(105)91-54(29-18-30-84)74(117)95-58(36-68(111)112)75(118)89-43(2)72(115)93-57(35-67(109)110)73(116)87-39-65(106)92-61(41-101)79(122)98-70)99-78(121)59(37-69(113)114)96-77(120)56(94-76(119)55(90-45(4)102)32-46-38-86-53-28-17-15-25-50(46)53)34-63(104)100-83(47-19-8-5-9-20-47,48-21-10-6-11-22-48)49-23-12-7-13-24-49/h5-17,19-28,38,42-44,54-61,70-71,86,101H,18,29-37,39-41,84-85H2,1-4H3,(H,87,116)(H,88,123)(H,89,118)(H,90,102)(H,91,105)(H,92,106)(H,93,115)(H,94,119)(H,95,117)(H,96,120)(H,97,124)(H,98,122)(H,99,121)(H,100,104)(H,107,108)(H,109,110)(H,111,112)(H,113,114)/t42?,43-,44-,54+,55+,56+,57+,58+,59+,60+,61-,70+,71+/m1/s1. The number of anilines is 1. The van der Waals surface area contributed by atoms with Crippen molar-refractivity contribution in [2.24, 2.45) is 11.7 Å². The lowest BCUT2D eigenvalue weighted by Crippen LogP contribution is -2.62. The average molecular weight is 1750 g/mol. The van der Waals surface area contributed by atoms with Crippen LogP contribution in [-0.2, 0) is 108 Å². The molecule has 1 unspecified atom stereocenters. The van der Waals surface area contributed by atoms with Crippen molar-refractivity contribution in [3.63, 3.8) is 0 Å². The molecule has 1 saturated heterocycles. The molecule has 13 atom stereocenters. The highest BCUT2D eigenvalue weighted by Gasteiger charge is 2.44. The lowest BCUT2D eigenvalue weighted by atomic mass is 9.77. The minimum Gasteiger partial charge on any atom is -0.481 e. The van der Waals surface area contributed by atoms with Crippen LogP contribution in [0.5, 0.6) is 0 Å². The van der Waals surface area contributed by atoms with Gasteiger partial charge in [-0.1, -0.05) is 128 Å². The molecular weight excluding hydrogens is 1650 g/mol. The van der Waals surface area contributed by atoms with Crippen LogP contribution in [0.1, 0.15) is 112 Å². The summed E-state index contributed by atoms with van der Waals surface area (Å²) in [6.45, 7) is 0.106. The second-order valence-corrected chi connectivity index (χ2v) is 29.4. The van der Waals surface area contributed by atoms with Gasteiger partial charge in [0, 0.05) is 48.1 Å². The molecule has 0 spiro atoms. The van der Waals surface area contributed by atoms with Gasteiger partial charge in [-0.15, -0.1) is 0 Å². The summed E-state index contributed by atoms with van der Waals surface area (Å²) in [5, 5.41) is 82.7. The molecule has 5 aromatic carbocycles. The Balaban J connectivity index is 1.33. The highest BCUT2D eigenvalue weighted by atomic mass is 16.5. The van der Waals surface area contributed by atoms with Gasteiger partial charge in [0.1, 0.15) is 78.1 Å². The van der Waals surface area contributed by atoms with Crippen molar-refractivity contribution in [1.82, 2.24) is 79.4 Å². The van der Waals surface area contributed by atoms with Crippen LogP contribution in [0.25, 0.3) is 10.9 Å². The monoisotopic (exact) mass is 1750 g/mol. The maximum absolute atomic E-state index is 15.4. The minimum absolute atomic E-state index is 0.106. The van der Waals surface area contributed by atoms with E-state index in [1.165, 1.54) is 24.3 Å². The number of fused-ring (bicyclic) bond motifs is 1. The Bertz CT molecular complexity index is 4920. The Hall–Kier alpha value is -15.0. The van der Waals surface area contributed by atoms with Gasteiger partial charge in [-0.2, -0.15) is 0 Å². The number of hydrogen-bond acceptors (Lipinski definition) is 24. The van der Waals surface area contributed by atoms with E-state index in [1.807, 2.05) is 16.0 Å². The summed E-state index contributed by atoms with van der Waals surface area (Å²) in [4.78, 5) is 282. The Kier molecular flexibility index (Phi) is 36.5. The van der Waals surface area contributed by atoms with Gasteiger partial charge in [-0.25, -0.2) is 4.79 Å². The van der Waals surface area contributed by atoms with Gasteiger partial charge in [-0.3, -0.25) is 91.1 Å². The predicted octanol–water partition coefficient (Wildman–Crippen LogP) is -4.12. The molecule has 1 fully saturated rings. The molecule has 1 aliphatic heterocycles. The van der Waals surface area contributed by atoms with Crippen molar-refractivity contribution < 1.29 is 126 Å². The van der Waals surface area contributed by atoms with E-state index in [1.54, 1.807) is 121 Å². The zero-order valence-electron chi connectivity index (χ0n) is 68.5. The summed E-state index contributed by atoms with van der Waals surface area (Å²) < 4.78 is 5.78. The van der Waals surface area contributed by atoms with Crippen molar-refractivity contribution in [3.05, 3.63) is 174 Å². The molecule has 43 heteroatoms. The second-order valence-electron chi connectivity index (χ2n) is 29.4. The number of nitrogens with one attached hydrogen (secondary N) is 15. The van der Waals surface area contributed by atoms with E-state index in [0.29, 0.717) is 33.2 Å². The number of nitrogens with two attached hydrogens (primary N) is 2. The molecule has 6 aromatic rings. The highest BCUT2D eigenvalue weighted by molar-refractivity contribution is 6.05. The molecule has 24 N–H and O–H groups in total. The van der Waals surface area contributed by atoms with Gasteiger partial charge in [-0.05, 0) is 79.6 Å². The number of ketones is 1. The van der Waals surface area contributed by atoms with Crippen LogP contribution in [0.3, 0.4) is 0 Å². The molecule has 43 nitrogen and oxygen atoms in total. The Morgan fingerprint density at radius 3 is 1.55 bits per heavy atom. The quantitative estimate of drug-likeness (QED) is 0.00851. The fourth-order valence-corrected chi connectivity index (χ4v) is 13.5. The number of carboxylic acids is 4. The number of aliphatic carboxylic acids is 4. The number of esters is 1. The lowest BCUT2D eigenvalue weighted by Gasteiger charge is -2.37. The van der Waals surface area contributed by atoms with Crippen LogP contribution >= 0.6 is 0 Å². The molecule has 0 radical (unpaired) electrons. The number of carbonyl (C=O) groups is 20. The average Bonchev–Trinajstić information content (AvgIpc) is 0.876. The van der Waals surface area contributed by atoms with Crippen LogP contribution in [0.2, 0.25) is 0 Å². The van der Waals surface area contributed by atoms with Gasteiger partial charge >= 0.3 is 29.8 Å². The minimum atomic E-state index is -2.49. The van der Waals surface area contributed by atoms with Crippen molar-refractivity contribution >= 4 is 135 Å². The number of aromatic nitrogens is 1. The summed E-state index contributed by atoms with van der Waals surface area (Å²) in [7, 11) is 0. The number of carbonyl (C=O) groups excluding carboxylic acids is 16. The number of rotatable bonds is 31. The number of aliphatic hydroxyl groups excluding tert-OH is 1. The van der Waals surface area contributed by atoms with E-state index in [9.17, 15) is 97.5 Å². The summed E-state index contributed by atoms with van der Waals surface area (Å²) >= 11 is 0. The molecular formula is C83H99N17O26. The van der Waals surface area contributed by atoms with Crippen LogP contribution < -0.4 is 85.9 Å². The number of benzene rings is 5. The van der Waals surface area contributed by atoms with E-state index >= 15 is 24.0 Å². The molecule has 672 valence electrons. The zero-order valence-corrected chi connectivity index (χ0v) is 68.5. The topological polar surface area (TPSA) is 688 Å². The number of aliphatic hydroxyl groups is 1. The third-order valence-electron chi connectivity index (χ3n) is 19.8. The van der Waals surface area contributed by atoms with Crippen LogP contribution in [0, 0.1) is 5.92 Å². The summed E-state index contributed by atoms with van der Waals surface area (Å²) in [6, 6.07) is 14.7. The van der Waals surface area contributed by atoms with E-state index in [4.69, 9.17) is 16.2 Å². The van der Waals surface area contributed by atoms with Gasteiger partial charge in [0.2, 0.25) is 82.7 Å². The zero-order chi connectivity index (χ0) is 92.6. The fraction of sp³-hybridized carbons (Fsp3) is 0.373. The number of aromatic amines is 1. The van der Waals surface area contributed by atoms with Crippen molar-refractivity contribution in [3.8, 4) is 0 Å². The molecule has 14 amide bonds. The molecule has 1 aromatic heterocycles. The second kappa shape index (κ2) is 46.8. The van der Waals surface area contributed by atoms with Crippen LogP contribution in [0.4, 0.5) is 5.69 Å². The Morgan fingerprint density at radius 1 is 0.508 bits per heavy atom. The number of hydrogen-bond donors (Lipinski definition) is 22. The summed E-state index contributed by atoms with van der Waals surface area (Å²) in [5.41, 5.74) is 12.4. The Morgan fingerprint density at radius 2 is 1.00 bits per heavy atom. The maximum atomic E-state index is 15.4. The number of carboxylic acid groups (broad SMARTS) is 4. The van der Waals surface area contributed by atoms with Crippen molar-refractivity contribution in [2.45, 2.75) is 164 Å². The number of H-pyrrole nitrogens is 1. The number of ether oxygens (including phenoxy) is 1. The normalized spacial score (nSPS) is 20.4. The molecule has 7 rings (SSSR count). The highest BCUT2D eigenvalue weighted by Crippen LogP contribution is 2.37. The predicted molar refractivity (Wildman–Crippen MR) is 441 cm³/mol. The van der Waals surface area contributed by atoms with E-state index in [0.717, 1.165) is 27.7 Å². The number of cyclic esters (lactones) is 1. The molecule has 0 saturated carbocycles. The van der Waals surface area contributed by atoms with E-state index in [2.05, 4.69) is 63.5 Å². The first-order valence-electron chi connectivity index (χ1n) is 39.5. The van der Waals surface area contributed by atoms with Gasteiger partial charge in [0.15, 0.2) is 5.78 Å². The first-order chi connectivity index (χ1) is 59.8. The van der Waals surface area contributed by atoms with Crippen LogP contribution in [-0.4, -0.2) is 248 Å². The van der Waals surface area contributed by atoms with Gasteiger partial charge in [0.25, 0.3) is 0 Å². The molecule has 0 aliphatic carbocycles. The molecule has 2 heterocycles. The number of amides is 14. The van der Waals surface area contributed by atoms with Crippen LogP contribution in [0.15, 0.2) is 146 Å². The SMILES string of the molecule is CC(=O)N[C@@H](Cc1c[nH]c2ccccc12)C(=O)N[C@@H](CC(=O)NC(c1ccccc1)(c1ccccc1)c1ccccc1)C(=O)N[C@@H](CC(=O)O)C(=O)N[C@@H]1C(=O)NCC(=O)N[C@@H](CCCN)C(=O)N[C@@H](CC(=O)O)C(=O)N[C@H](C)C(=O)N[C@@H](CC(=O)O)C(=O)NCC(=O)N[C@H](CO)C(=O)N[C@@H](C(C)CC(=O)O)C(=O)N[C@@H](CC(=O)c2ccccc2N)C(=O)O[C@@H]1C. The number of nitrogen functional groups attached to an aromatic ring is 1. The smallest absolute Gasteiger partial charge is 0.329 e. The van der Waals surface area contributed by atoms with Crippen molar-refractivity contribution in [2.75, 3.05) is 32.0 Å².